The highest BCUT2D eigenvalue weighted by atomic mass is 35.5. The van der Waals surface area contributed by atoms with Crippen LogP contribution in [0, 0.1) is 21.8 Å². The molecule has 0 aromatic heterocycles. The molecular weight excluding hydrogens is 409 g/mol. The number of nitro groups is 1. The second-order valence-electron chi connectivity index (χ2n) is 7.73. The summed E-state index contributed by atoms with van der Waals surface area (Å²) in [6.45, 7) is 0. The highest BCUT2D eigenvalue weighted by Gasteiger charge is 2.37. The summed E-state index contributed by atoms with van der Waals surface area (Å²) in [6, 6.07) is 12.2. The third kappa shape index (κ3) is 5.15. The van der Waals surface area contributed by atoms with Crippen molar-refractivity contribution >= 4 is 24.0 Å². The zero-order valence-electron chi connectivity index (χ0n) is 17.1. The lowest BCUT2D eigenvalue weighted by atomic mass is 9.76. The molecule has 0 bridgehead atoms. The minimum Gasteiger partial charge on any atom is -0.349 e. The molecule has 1 N–H and O–H groups in total. The van der Waals surface area contributed by atoms with Gasteiger partial charge in [-0.3, -0.25) is 14.9 Å². The second kappa shape index (κ2) is 10.5. The van der Waals surface area contributed by atoms with Crippen LogP contribution in [0.25, 0.3) is 0 Å². The largest absolute Gasteiger partial charge is 0.349 e. The number of halogens is 2. The van der Waals surface area contributed by atoms with Gasteiger partial charge >= 0.3 is 0 Å². The summed E-state index contributed by atoms with van der Waals surface area (Å²) >= 11 is 0. The van der Waals surface area contributed by atoms with Crippen LogP contribution in [0.2, 0.25) is 0 Å². The van der Waals surface area contributed by atoms with Crippen LogP contribution in [0.3, 0.4) is 0 Å². The fourth-order valence-corrected chi connectivity index (χ4v) is 4.40. The molecule has 0 spiro atoms. The molecule has 0 heterocycles. The summed E-state index contributed by atoms with van der Waals surface area (Å²) in [6.07, 6.45) is 3.53. The molecule has 0 saturated heterocycles. The van der Waals surface area contributed by atoms with E-state index in [0.29, 0.717) is 5.56 Å². The average molecular weight is 436 g/mol. The number of benzene rings is 2. The standard InChI is InChI=1S/C22H26FN3O3.ClH/c1-25(2)21(17-11-5-8-14-20(17)26(28)29)16-10-4-7-13-19(16)24-22(27)15-9-3-6-12-18(15)23;/h3,5-6,8-9,11-12,14,16,19,21H,4,7,10,13H2,1-2H3,(H,24,27);1H/t16-,19-,21?;/m1./s1. The Bertz CT molecular complexity index is 893. The minimum absolute atomic E-state index is 0. The number of rotatable bonds is 6. The molecule has 3 rings (SSSR count). The lowest BCUT2D eigenvalue weighted by molar-refractivity contribution is -0.386. The Kier molecular flexibility index (Phi) is 8.32. The lowest BCUT2D eigenvalue weighted by Crippen LogP contribution is -2.47. The molecule has 0 radical (unpaired) electrons. The van der Waals surface area contributed by atoms with E-state index < -0.39 is 11.7 Å². The fraction of sp³-hybridized carbons (Fsp3) is 0.409. The number of hydrogen-bond donors (Lipinski definition) is 1. The second-order valence-corrected chi connectivity index (χ2v) is 7.73. The van der Waals surface area contributed by atoms with Crippen LogP contribution in [-0.4, -0.2) is 35.9 Å². The molecule has 2 aromatic rings. The van der Waals surface area contributed by atoms with Crippen LogP contribution in [0.1, 0.15) is 47.6 Å². The third-order valence-electron chi connectivity index (χ3n) is 5.67. The number of para-hydroxylation sites is 1. The number of hydrogen-bond acceptors (Lipinski definition) is 4. The van der Waals surface area contributed by atoms with Gasteiger partial charge in [-0.2, -0.15) is 0 Å². The molecule has 1 amide bonds. The third-order valence-corrected chi connectivity index (χ3v) is 5.67. The molecule has 3 atom stereocenters. The molecular formula is C22H27ClFN3O3. The summed E-state index contributed by atoms with van der Waals surface area (Å²) in [4.78, 5) is 25.9. The van der Waals surface area contributed by atoms with Gasteiger partial charge in [-0.1, -0.05) is 43.2 Å². The fourth-order valence-electron chi connectivity index (χ4n) is 4.40. The lowest BCUT2D eigenvalue weighted by Gasteiger charge is -2.40. The Hall–Kier alpha value is -2.51. The van der Waals surface area contributed by atoms with Crippen molar-refractivity contribution in [3.05, 3.63) is 75.6 Å². The van der Waals surface area contributed by atoms with E-state index in [1.165, 1.54) is 18.2 Å². The quantitative estimate of drug-likeness (QED) is 0.525. The van der Waals surface area contributed by atoms with Crippen molar-refractivity contribution in [2.24, 2.45) is 5.92 Å². The summed E-state index contributed by atoms with van der Waals surface area (Å²) in [5.74, 6) is -1.02. The van der Waals surface area contributed by atoms with Gasteiger partial charge in [0.2, 0.25) is 0 Å². The topological polar surface area (TPSA) is 75.5 Å². The Morgan fingerprint density at radius 1 is 1.13 bits per heavy atom. The minimum atomic E-state index is -0.555. The predicted molar refractivity (Wildman–Crippen MR) is 116 cm³/mol. The van der Waals surface area contributed by atoms with Gasteiger partial charge in [0.25, 0.3) is 11.6 Å². The van der Waals surface area contributed by atoms with E-state index in [4.69, 9.17) is 0 Å². The highest BCUT2D eigenvalue weighted by molar-refractivity contribution is 5.94. The normalized spacial score (nSPS) is 19.6. The van der Waals surface area contributed by atoms with Gasteiger partial charge in [0.15, 0.2) is 0 Å². The van der Waals surface area contributed by atoms with Crippen LogP contribution in [0.15, 0.2) is 48.5 Å². The maximum atomic E-state index is 14.0. The van der Waals surface area contributed by atoms with E-state index in [0.717, 1.165) is 25.7 Å². The van der Waals surface area contributed by atoms with Crippen LogP contribution >= 0.6 is 12.4 Å². The van der Waals surface area contributed by atoms with Gasteiger partial charge in [0, 0.05) is 23.7 Å². The monoisotopic (exact) mass is 435 g/mol. The zero-order valence-corrected chi connectivity index (χ0v) is 17.9. The van der Waals surface area contributed by atoms with Crippen molar-refractivity contribution in [2.45, 2.75) is 37.8 Å². The summed E-state index contributed by atoms with van der Waals surface area (Å²) in [5.41, 5.74) is 0.736. The van der Waals surface area contributed by atoms with E-state index in [2.05, 4.69) is 5.32 Å². The summed E-state index contributed by atoms with van der Waals surface area (Å²) in [5, 5.41) is 14.6. The predicted octanol–water partition coefficient (Wildman–Crippen LogP) is 4.75. The first-order valence-electron chi connectivity index (χ1n) is 9.85. The maximum absolute atomic E-state index is 14.0. The van der Waals surface area contributed by atoms with Crippen molar-refractivity contribution in [3.8, 4) is 0 Å². The maximum Gasteiger partial charge on any atom is 0.274 e. The first-order chi connectivity index (χ1) is 13.9. The van der Waals surface area contributed by atoms with E-state index in [-0.39, 0.29) is 46.6 Å². The molecule has 1 unspecified atom stereocenters. The molecule has 1 aliphatic carbocycles. The number of carbonyl (C=O) groups is 1. The molecule has 1 saturated carbocycles. The first kappa shape index (κ1) is 23.8. The van der Waals surface area contributed by atoms with Crippen molar-refractivity contribution in [1.29, 1.82) is 0 Å². The van der Waals surface area contributed by atoms with Crippen molar-refractivity contribution in [3.63, 3.8) is 0 Å². The molecule has 8 heteroatoms. The van der Waals surface area contributed by atoms with Gasteiger partial charge < -0.3 is 10.2 Å². The van der Waals surface area contributed by atoms with Gasteiger partial charge in [-0.05, 0) is 45.0 Å². The summed E-state index contributed by atoms with van der Waals surface area (Å²) in [7, 11) is 3.79. The van der Waals surface area contributed by atoms with Gasteiger partial charge in [0.1, 0.15) is 5.82 Å². The number of nitrogens with one attached hydrogen (secondary N) is 1. The van der Waals surface area contributed by atoms with E-state index in [1.54, 1.807) is 30.3 Å². The van der Waals surface area contributed by atoms with E-state index in [1.807, 2.05) is 19.0 Å². The van der Waals surface area contributed by atoms with Crippen molar-refractivity contribution < 1.29 is 14.1 Å². The SMILES string of the molecule is CN(C)C(c1ccccc1[N+](=O)[O-])[C@@H]1CCCC[C@H]1NC(=O)c1ccccc1F.Cl. The molecule has 162 valence electrons. The van der Waals surface area contributed by atoms with Crippen LogP contribution in [-0.2, 0) is 0 Å². The zero-order chi connectivity index (χ0) is 21.0. The summed E-state index contributed by atoms with van der Waals surface area (Å²) < 4.78 is 14.0. The van der Waals surface area contributed by atoms with Crippen LogP contribution in [0.4, 0.5) is 10.1 Å². The van der Waals surface area contributed by atoms with Gasteiger partial charge in [-0.25, -0.2) is 4.39 Å². The average Bonchev–Trinajstić information content (AvgIpc) is 2.69. The Labute approximate surface area is 182 Å². The molecule has 30 heavy (non-hydrogen) atoms. The van der Waals surface area contributed by atoms with Crippen molar-refractivity contribution in [1.82, 2.24) is 10.2 Å². The van der Waals surface area contributed by atoms with Crippen molar-refractivity contribution in [2.75, 3.05) is 14.1 Å². The van der Waals surface area contributed by atoms with Gasteiger partial charge in [0.05, 0.1) is 10.5 Å². The van der Waals surface area contributed by atoms with E-state index >= 15 is 0 Å². The number of carbonyl (C=O) groups excluding carboxylic acids is 1. The molecule has 2 aromatic carbocycles. The Balaban J connectivity index is 0.00000320. The molecule has 1 aliphatic rings. The first-order valence-corrected chi connectivity index (χ1v) is 9.85. The smallest absolute Gasteiger partial charge is 0.274 e. The molecule has 0 aliphatic heterocycles. The number of nitrogens with zero attached hydrogens (tertiary/aromatic N) is 2. The Morgan fingerprint density at radius 2 is 1.77 bits per heavy atom. The van der Waals surface area contributed by atoms with Gasteiger partial charge in [-0.15, -0.1) is 12.4 Å². The van der Waals surface area contributed by atoms with Crippen LogP contribution in [0.5, 0.6) is 0 Å². The number of nitro benzene ring substituents is 1. The Morgan fingerprint density at radius 3 is 2.43 bits per heavy atom. The van der Waals surface area contributed by atoms with E-state index in [9.17, 15) is 19.3 Å². The number of amides is 1. The molecule has 6 nitrogen and oxygen atoms in total. The molecule has 1 fully saturated rings. The van der Waals surface area contributed by atoms with Crippen LogP contribution < -0.4 is 5.32 Å². The highest BCUT2D eigenvalue weighted by Crippen LogP contribution is 2.40.